The van der Waals surface area contributed by atoms with E-state index in [-0.39, 0.29) is 40.8 Å². The molecule has 0 amide bonds. The van der Waals surface area contributed by atoms with Crippen molar-refractivity contribution < 1.29 is 46.1 Å². The number of carbonyl (C=O) groups is 1. The summed E-state index contributed by atoms with van der Waals surface area (Å²) in [6, 6.07) is 13.1. The Morgan fingerprint density at radius 3 is 2.55 bits per heavy atom. The maximum Gasteiger partial charge on any atom is 0.408 e. The van der Waals surface area contributed by atoms with E-state index in [1.54, 1.807) is 37.3 Å². The summed E-state index contributed by atoms with van der Waals surface area (Å²) < 4.78 is 78.1. The molecule has 1 atom stereocenters. The molecule has 1 aliphatic rings. The highest BCUT2D eigenvalue weighted by Gasteiger charge is 2.32. The number of nitrogens with zero attached hydrogens (tertiary/aromatic N) is 6. The van der Waals surface area contributed by atoms with Crippen LogP contribution in [0.25, 0.3) is 37.6 Å². The molecule has 1 fully saturated rings. The molecule has 2 aromatic carbocycles. The number of furan rings is 1. The number of halogens is 5. The van der Waals surface area contributed by atoms with Crippen LogP contribution in [0.3, 0.4) is 0 Å². The van der Waals surface area contributed by atoms with Gasteiger partial charge < -0.3 is 28.6 Å². The summed E-state index contributed by atoms with van der Waals surface area (Å²) in [5.41, 5.74) is 1.99. The Kier molecular flexibility index (Phi) is 12.0. The van der Waals surface area contributed by atoms with Crippen LogP contribution in [0.15, 0.2) is 78.1 Å². The highest BCUT2D eigenvalue weighted by molar-refractivity contribution is 7.22. The Hall–Kier alpha value is -5.49. The molecule has 304 valence electrons. The van der Waals surface area contributed by atoms with Crippen molar-refractivity contribution in [2.24, 2.45) is 0 Å². The molecule has 0 aliphatic carbocycles. The largest absolute Gasteiger partial charge is 0.491 e. The number of ether oxygens (including phenoxy) is 3. The second kappa shape index (κ2) is 17.2. The minimum Gasteiger partial charge on any atom is -0.491 e. The van der Waals surface area contributed by atoms with Gasteiger partial charge in [-0.15, -0.1) is 11.3 Å². The van der Waals surface area contributed by atoms with Crippen LogP contribution in [-0.4, -0.2) is 99.3 Å². The van der Waals surface area contributed by atoms with Gasteiger partial charge >= 0.3 is 12.1 Å². The fraction of sp³-hybridized carbons (Fsp3) is 0.300. The fourth-order valence-corrected chi connectivity index (χ4v) is 7.92. The monoisotopic (exact) mass is 840 g/mol. The first-order valence-corrected chi connectivity index (χ1v) is 19.2. The van der Waals surface area contributed by atoms with Crippen LogP contribution in [0.5, 0.6) is 17.4 Å². The van der Waals surface area contributed by atoms with Gasteiger partial charge in [-0.1, -0.05) is 42.4 Å². The lowest BCUT2D eigenvalue weighted by molar-refractivity contribution is -0.143. The van der Waals surface area contributed by atoms with Crippen molar-refractivity contribution >= 4 is 44.7 Å². The third-order valence-electron chi connectivity index (χ3n) is 9.64. The van der Waals surface area contributed by atoms with E-state index >= 15 is 0 Å². The molecule has 0 spiro atoms. The highest BCUT2D eigenvalue weighted by Crippen LogP contribution is 2.50. The van der Waals surface area contributed by atoms with E-state index in [9.17, 15) is 27.5 Å². The van der Waals surface area contributed by atoms with E-state index in [0.717, 1.165) is 48.7 Å². The number of alkyl halides is 3. The fourth-order valence-electron chi connectivity index (χ4n) is 6.59. The number of benzene rings is 2. The van der Waals surface area contributed by atoms with Crippen molar-refractivity contribution in [2.45, 2.75) is 32.4 Å². The highest BCUT2D eigenvalue weighted by atomic mass is 35.5. The lowest BCUT2D eigenvalue weighted by Gasteiger charge is -2.32. The number of aromatic nitrogens is 4. The Labute approximate surface area is 338 Å². The van der Waals surface area contributed by atoms with Gasteiger partial charge in [0.2, 0.25) is 12.0 Å². The van der Waals surface area contributed by atoms with Crippen molar-refractivity contribution in [3.8, 4) is 39.1 Å². The second-order valence-corrected chi connectivity index (χ2v) is 14.9. The van der Waals surface area contributed by atoms with E-state index in [2.05, 4.69) is 38.5 Å². The molecule has 1 aliphatic heterocycles. The first-order chi connectivity index (χ1) is 27.8. The number of thiophene rings is 1. The predicted molar refractivity (Wildman–Crippen MR) is 210 cm³/mol. The van der Waals surface area contributed by atoms with Gasteiger partial charge in [0.1, 0.15) is 48.2 Å². The Morgan fingerprint density at radius 1 is 1.05 bits per heavy atom. The number of hydrogen-bond acceptors (Lipinski definition) is 11. The molecule has 1 N–H and O–H groups in total. The molecule has 4 aromatic heterocycles. The zero-order chi connectivity index (χ0) is 41.1. The Morgan fingerprint density at radius 2 is 1.83 bits per heavy atom. The Balaban J connectivity index is 1.21. The first-order valence-electron chi connectivity index (χ1n) is 18.0. The number of piperazine rings is 1. The third-order valence-corrected chi connectivity index (χ3v) is 11.2. The zero-order valence-electron chi connectivity index (χ0n) is 31.3. The molecule has 5 heterocycles. The molecule has 6 aromatic rings. The van der Waals surface area contributed by atoms with Gasteiger partial charge in [-0.05, 0) is 49.4 Å². The predicted octanol–water partition coefficient (Wildman–Crippen LogP) is 8.23. The molecule has 0 bridgehead atoms. The van der Waals surface area contributed by atoms with Gasteiger partial charge in [0, 0.05) is 61.7 Å². The first kappa shape index (κ1) is 40.7. The maximum atomic E-state index is 14.3. The smallest absolute Gasteiger partial charge is 0.408 e. The average Bonchev–Trinajstić information content (AvgIpc) is 3.93. The summed E-state index contributed by atoms with van der Waals surface area (Å²) in [6.45, 7) is 9.22. The number of fused-ring (bicyclic) bond motifs is 1. The Bertz CT molecular complexity index is 2440. The van der Waals surface area contributed by atoms with E-state index in [0.29, 0.717) is 49.2 Å². The number of carboxylic acids is 1. The summed E-state index contributed by atoms with van der Waals surface area (Å²) >= 11 is 8.11. The van der Waals surface area contributed by atoms with E-state index in [4.69, 9.17) is 30.2 Å². The summed E-state index contributed by atoms with van der Waals surface area (Å²) in [7, 11) is 2.10. The third kappa shape index (κ3) is 8.97. The average molecular weight is 841 g/mol. The number of hydrogen-bond donors (Lipinski definition) is 1. The number of aliphatic carboxylic acids is 1. The van der Waals surface area contributed by atoms with Gasteiger partial charge in [-0.25, -0.2) is 14.8 Å². The molecular formula is C40H37ClF4N6O6S. The summed E-state index contributed by atoms with van der Waals surface area (Å²) in [5.74, 6) is -0.740. The van der Waals surface area contributed by atoms with Gasteiger partial charge in [-0.3, -0.25) is 9.58 Å². The summed E-state index contributed by atoms with van der Waals surface area (Å²) in [5, 5.41) is 14.9. The molecule has 1 saturated heterocycles. The zero-order valence-corrected chi connectivity index (χ0v) is 32.8. The number of rotatable bonds is 15. The topological polar surface area (TPSA) is 128 Å². The van der Waals surface area contributed by atoms with E-state index < -0.39 is 30.8 Å². The van der Waals surface area contributed by atoms with Crippen molar-refractivity contribution in [1.29, 1.82) is 0 Å². The molecule has 18 heteroatoms. The molecule has 12 nitrogen and oxygen atoms in total. The number of para-hydroxylation sites is 1. The second-order valence-electron chi connectivity index (χ2n) is 13.6. The molecule has 58 heavy (non-hydrogen) atoms. The van der Waals surface area contributed by atoms with Crippen LogP contribution in [0, 0.1) is 12.9 Å². The lowest BCUT2D eigenvalue weighted by Crippen LogP contribution is -2.45. The number of carboxylic acid groups (broad SMARTS) is 1. The van der Waals surface area contributed by atoms with E-state index in [1.165, 1.54) is 36.8 Å². The summed E-state index contributed by atoms with van der Waals surface area (Å²) in [4.78, 5) is 27.2. The standard InChI is InChI=1S/C40H37ClF4N6O6S/c1-23-27(8-9-29(34(23)41)54-19-18-50-16-14-49(3)15-17-50)32-33-37(46-22-47-38(33)58-36(32)30-10-11-31(42)56-30)57-35(39(52)53)24(2)26-6-4-5-7-28(26)55-20-25-12-13-48-51(25)21-40(43,44)45/h4-13,22,35H,2,14-21H2,1,3H3,(H,52,53). The molecule has 7 rings (SSSR count). The minimum absolute atomic E-state index is 0.0407. The van der Waals surface area contributed by atoms with Crippen LogP contribution in [-0.2, 0) is 17.9 Å². The van der Waals surface area contributed by atoms with Crippen LogP contribution in [0.1, 0.15) is 16.8 Å². The molecule has 0 radical (unpaired) electrons. The van der Waals surface area contributed by atoms with Crippen molar-refractivity contribution in [1.82, 2.24) is 29.5 Å². The van der Waals surface area contributed by atoms with Crippen molar-refractivity contribution in [3.63, 3.8) is 0 Å². The van der Waals surface area contributed by atoms with Gasteiger partial charge in [0.05, 0.1) is 21.0 Å². The van der Waals surface area contributed by atoms with E-state index in [1.807, 2.05) is 0 Å². The molecule has 0 saturated carbocycles. The number of likely N-dealkylation sites (N-methyl/N-ethyl adjacent to an activating group) is 1. The SMILES string of the molecule is C=C(c1ccccc1OCc1ccnn1CC(F)(F)F)C(Oc1ncnc2sc(-c3ccc(F)o3)c(-c3ccc(OCCN4CCN(C)CC4)c(Cl)c3C)c12)C(=O)O. The summed E-state index contributed by atoms with van der Waals surface area (Å²) in [6.07, 6.45) is -3.80. The molecule has 1 unspecified atom stereocenters. The maximum absolute atomic E-state index is 14.3. The van der Waals surface area contributed by atoms with Gasteiger partial charge in [-0.2, -0.15) is 22.7 Å². The lowest BCUT2D eigenvalue weighted by atomic mass is 9.97. The van der Waals surface area contributed by atoms with Crippen LogP contribution >= 0.6 is 22.9 Å². The van der Waals surface area contributed by atoms with Crippen molar-refractivity contribution in [2.75, 3.05) is 46.4 Å². The van der Waals surface area contributed by atoms with Crippen LogP contribution in [0.4, 0.5) is 17.6 Å². The van der Waals surface area contributed by atoms with Gasteiger partial charge in [0.15, 0.2) is 0 Å². The van der Waals surface area contributed by atoms with Crippen LogP contribution in [0.2, 0.25) is 5.02 Å². The quantitative estimate of drug-likeness (QED) is 0.101. The van der Waals surface area contributed by atoms with Crippen molar-refractivity contribution in [3.05, 3.63) is 102 Å². The van der Waals surface area contributed by atoms with Crippen LogP contribution < -0.4 is 14.2 Å². The normalized spacial score (nSPS) is 14.5. The minimum atomic E-state index is -4.50. The van der Waals surface area contributed by atoms with Gasteiger partial charge in [0.25, 0.3) is 6.01 Å². The molecular weight excluding hydrogens is 804 g/mol.